The molecule has 0 unspecified atom stereocenters. The first-order chi connectivity index (χ1) is 15.5. The number of carbonyl (C=O) groups excluding carboxylic acids is 2. The van der Waals surface area contributed by atoms with E-state index in [9.17, 15) is 14.0 Å². The zero-order chi connectivity index (χ0) is 22.5. The number of pyridine rings is 1. The number of rotatable bonds is 6. The van der Waals surface area contributed by atoms with Crippen molar-refractivity contribution in [2.75, 3.05) is 17.2 Å². The molecule has 4 aromatic rings. The van der Waals surface area contributed by atoms with E-state index >= 15 is 0 Å². The summed E-state index contributed by atoms with van der Waals surface area (Å²) in [5, 5.41) is 7.20. The van der Waals surface area contributed by atoms with Crippen LogP contribution in [0.15, 0.2) is 83.5 Å². The number of amides is 2. The van der Waals surface area contributed by atoms with Crippen molar-refractivity contribution < 1.29 is 18.7 Å². The summed E-state index contributed by atoms with van der Waals surface area (Å²) >= 11 is 3.51. The Kier molecular flexibility index (Phi) is 6.42. The maximum atomic E-state index is 13.8. The summed E-state index contributed by atoms with van der Waals surface area (Å²) in [4.78, 5) is 28.8. The van der Waals surface area contributed by atoms with Crippen LogP contribution in [0.5, 0.6) is 5.75 Å². The Morgan fingerprint density at radius 2 is 1.75 bits per heavy atom. The number of hydrogen-bond donors (Lipinski definition) is 2. The average molecular weight is 494 g/mol. The van der Waals surface area contributed by atoms with Crippen LogP contribution in [0.2, 0.25) is 0 Å². The van der Waals surface area contributed by atoms with E-state index in [1.165, 1.54) is 18.3 Å². The Balaban J connectivity index is 1.46. The predicted octanol–water partition coefficient (Wildman–Crippen LogP) is 5.41. The van der Waals surface area contributed by atoms with Gasteiger partial charge < -0.3 is 15.4 Å². The summed E-state index contributed by atoms with van der Waals surface area (Å²) in [7, 11) is 0. The smallest absolute Gasteiger partial charge is 0.274 e. The number of nitrogens with one attached hydrogen (secondary N) is 2. The van der Waals surface area contributed by atoms with Crippen molar-refractivity contribution in [3.05, 3.63) is 95.0 Å². The number of anilines is 2. The highest BCUT2D eigenvalue weighted by molar-refractivity contribution is 9.10. The Morgan fingerprint density at radius 3 is 2.56 bits per heavy atom. The van der Waals surface area contributed by atoms with Gasteiger partial charge in [-0.1, -0.05) is 36.4 Å². The number of carbonyl (C=O) groups is 2. The normalized spacial score (nSPS) is 10.6. The van der Waals surface area contributed by atoms with Gasteiger partial charge in [0.2, 0.25) is 0 Å². The summed E-state index contributed by atoms with van der Waals surface area (Å²) in [6, 6.07) is 20.0. The first-order valence-corrected chi connectivity index (χ1v) is 10.4. The van der Waals surface area contributed by atoms with Gasteiger partial charge in [0.05, 0.1) is 15.8 Å². The lowest BCUT2D eigenvalue weighted by molar-refractivity contribution is -0.118. The van der Waals surface area contributed by atoms with Crippen molar-refractivity contribution in [3.63, 3.8) is 0 Å². The average Bonchev–Trinajstić information content (AvgIpc) is 2.81. The second-order valence-corrected chi connectivity index (χ2v) is 7.59. The maximum Gasteiger partial charge on any atom is 0.274 e. The number of halogens is 2. The standard InChI is InChI=1S/C24H17BrFN3O3/c25-23-17-6-2-1-5-15(17)8-11-21(23)32-14-22(30)28-20-13-16(26)9-10-18(20)29-24(31)19-7-3-4-12-27-19/h1-13H,14H2,(H,28,30)(H,29,31). The first-order valence-electron chi connectivity index (χ1n) is 9.63. The van der Waals surface area contributed by atoms with Crippen LogP contribution in [0.4, 0.5) is 15.8 Å². The van der Waals surface area contributed by atoms with Crippen molar-refractivity contribution in [1.82, 2.24) is 4.98 Å². The molecular weight excluding hydrogens is 477 g/mol. The van der Waals surface area contributed by atoms with Crippen LogP contribution in [0.1, 0.15) is 10.5 Å². The summed E-state index contributed by atoms with van der Waals surface area (Å²) in [6.07, 6.45) is 1.49. The molecule has 32 heavy (non-hydrogen) atoms. The Labute approximate surface area is 191 Å². The second-order valence-electron chi connectivity index (χ2n) is 6.79. The molecule has 0 aliphatic heterocycles. The molecule has 0 radical (unpaired) electrons. The van der Waals surface area contributed by atoms with Gasteiger partial charge in [-0.25, -0.2) is 4.39 Å². The number of aromatic nitrogens is 1. The number of hydrogen-bond acceptors (Lipinski definition) is 4. The van der Waals surface area contributed by atoms with Gasteiger partial charge in [0, 0.05) is 6.20 Å². The summed E-state index contributed by atoms with van der Waals surface area (Å²) in [5.74, 6) is -1.05. The number of benzene rings is 3. The molecule has 3 aromatic carbocycles. The van der Waals surface area contributed by atoms with Crippen LogP contribution < -0.4 is 15.4 Å². The number of nitrogens with zero attached hydrogens (tertiary/aromatic N) is 1. The molecule has 0 fully saturated rings. The molecule has 6 nitrogen and oxygen atoms in total. The summed E-state index contributed by atoms with van der Waals surface area (Å²) in [6.45, 7) is -0.304. The van der Waals surface area contributed by atoms with Crippen molar-refractivity contribution in [3.8, 4) is 5.75 Å². The Morgan fingerprint density at radius 1 is 0.938 bits per heavy atom. The van der Waals surface area contributed by atoms with Gasteiger partial charge in [-0.3, -0.25) is 14.6 Å². The Hall–Kier alpha value is -3.78. The van der Waals surface area contributed by atoms with Crippen molar-refractivity contribution in [2.24, 2.45) is 0 Å². The molecule has 0 aliphatic rings. The largest absolute Gasteiger partial charge is 0.483 e. The van der Waals surface area contributed by atoms with Crippen molar-refractivity contribution in [1.29, 1.82) is 0 Å². The van der Waals surface area contributed by atoms with Crippen molar-refractivity contribution >= 4 is 49.9 Å². The molecule has 0 spiro atoms. The van der Waals surface area contributed by atoms with Crippen LogP contribution in [0.25, 0.3) is 10.8 Å². The monoisotopic (exact) mass is 493 g/mol. The molecule has 0 aliphatic carbocycles. The first kappa shape index (κ1) is 21.5. The fraction of sp³-hybridized carbons (Fsp3) is 0.0417. The summed E-state index contributed by atoms with van der Waals surface area (Å²) < 4.78 is 20.2. The zero-order valence-corrected chi connectivity index (χ0v) is 18.2. The molecule has 8 heteroatoms. The molecule has 0 bridgehead atoms. The third-order valence-electron chi connectivity index (χ3n) is 4.59. The molecule has 0 saturated carbocycles. The lowest BCUT2D eigenvalue weighted by Crippen LogP contribution is -2.22. The number of ether oxygens (including phenoxy) is 1. The van der Waals surface area contributed by atoms with E-state index in [1.54, 1.807) is 24.3 Å². The minimum absolute atomic E-state index is 0.112. The zero-order valence-electron chi connectivity index (χ0n) is 16.6. The van der Waals surface area contributed by atoms with Gasteiger partial charge in [-0.05, 0) is 63.1 Å². The highest BCUT2D eigenvalue weighted by atomic mass is 79.9. The van der Waals surface area contributed by atoms with E-state index in [0.717, 1.165) is 21.3 Å². The maximum absolute atomic E-state index is 13.8. The van der Waals surface area contributed by atoms with E-state index < -0.39 is 17.6 Å². The summed E-state index contributed by atoms with van der Waals surface area (Å²) in [5.41, 5.74) is 0.543. The predicted molar refractivity (Wildman–Crippen MR) is 124 cm³/mol. The second kappa shape index (κ2) is 9.57. The number of fused-ring (bicyclic) bond motifs is 1. The lowest BCUT2D eigenvalue weighted by Gasteiger charge is -2.14. The fourth-order valence-corrected chi connectivity index (χ4v) is 3.67. The van der Waals surface area contributed by atoms with Crippen LogP contribution >= 0.6 is 15.9 Å². The molecule has 2 N–H and O–H groups in total. The van der Waals surface area contributed by atoms with Crippen LogP contribution in [-0.4, -0.2) is 23.4 Å². The van der Waals surface area contributed by atoms with E-state index in [-0.39, 0.29) is 23.7 Å². The topological polar surface area (TPSA) is 80.3 Å². The van der Waals surface area contributed by atoms with E-state index in [1.807, 2.05) is 30.3 Å². The molecule has 4 rings (SSSR count). The van der Waals surface area contributed by atoms with Gasteiger partial charge in [-0.2, -0.15) is 0 Å². The van der Waals surface area contributed by atoms with Gasteiger partial charge in [-0.15, -0.1) is 0 Å². The third-order valence-corrected chi connectivity index (χ3v) is 5.41. The van der Waals surface area contributed by atoms with Gasteiger partial charge in [0.15, 0.2) is 6.61 Å². The van der Waals surface area contributed by atoms with Crippen molar-refractivity contribution in [2.45, 2.75) is 0 Å². The van der Waals surface area contributed by atoms with E-state index in [2.05, 4.69) is 31.5 Å². The minimum Gasteiger partial charge on any atom is -0.483 e. The fourth-order valence-electron chi connectivity index (χ4n) is 3.07. The van der Waals surface area contributed by atoms with E-state index in [0.29, 0.717) is 5.75 Å². The van der Waals surface area contributed by atoms with Gasteiger partial charge >= 0.3 is 0 Å². The highest BCUT2D eigenvalue weighted by Gasteiger charge is 2.14. The molecule has 1 aromatic heterocycles. The molecule has 0 saturated heterocycles. The van der Waals surface area contributed by atoms with E-state index in [4.69, 9.17) is 4.74 Å². The lowest BCUT2D eigenvalue weighted by atomic mass is 10.1. The Bertz CT molecular complexity index is 1300. The molecule has 2 amide bonds. The van der Waals surface area contributed by atoms with Crippen LogP contribution in [0, 0.1) is 5.82 Å². The molecular formula is C24H17BrFN3O3. The quantitative estimate of drug-likeness (QED) is 0.376. The highest BCUT2D eigenvalue weighted by Crippen LogP contribution is 2.33. The third kappa shape index (κ3) is 4.92. The van der Waals surface area contributed by atoms with Gasteiger partial charge in [0.25, 0.3) is 11.8 Å². The SMILES string of the molecule is O=C(COc1ccc2ccccc2c1Br)Nc1cc(F)ccc1NC(=O)c1ccccn1. The van der Waals surface area contributed by atoms with Gasteiger partial charge in [0.1, 0.15) is 17.3 Å². The minimum atomic E-state index is -0.561. The van der Waals surface area contributed by atoms with Crippen LogP contribution in [-0.2, 0) is 4.79 Å². The molecule has 1 heterocycles. The molecule has 160 valence electrons. The molecule has 0 atom stereocenters. The van der Waals surface area contributed by atoms with Crippen LogP contribution in [0.3, 0.4) is 0 Å².